The zero-order valence-electron chi connectivity index (χ0n) is 15.2. The number of nitrogens with zero attached hydrogens (tertiary/aromatic N) is 1. The van der Waals surface area contributed by atoms with Crippen LogP contribution in [0.3, 0.4) is 0 Å². The number of nitro benzene ring substituents is 1. The predicted octanol–water partition coefficient (Wildman–Crippen LogP) is 2.49. The molecular formula is C18H18N2O7S. The molecule has 1 amide bonds. The third kappa shape index (κ3) is 4.92. The van der Waals surface area contributed by atoms with Crippen molar-refractivity contribution in [2.45, 2.75) is 18.7 Å². The second-order valence-electron chi connectivity index (χ2n) is 5.78. The van der Waals surface area contributed by atoms with E-state index in [1.165, 1.54) is 49.4 Å². The van der Waals surface area contributed by atoms with Crippen molar-refractivity contribution in [3.05, 3.63) is 63.7 Å². The fourth-order valence-electron chi connectivity index (χ4n) is 2.32. The van der Waals surface area contributed by atoms with Crippen molar-refractivity contribution in [2.24, 2.45) is 0 Å². The molecule has 2 aromatic carbocycles. The van der Waals surface area contributed by atoms with Crippen LogP contribution < -0.4 is 5.32 Å². The standard InChI is InChI=1S/C18H18N2O7S/c1-3-28(25,26)16-7-5-4-6-14(16)18(22)27-11-17(21)19-15-10-13(20(23)24)9-8-12(15)2/h4-10H,3,11H2,1-2H3,(H,19,21). The van der Waals surface area contributed by atoms with Gasteiger partial charge in [-0.25, -0.2) is 13.2 Å². The molecule has 9 nitrogen and oxygen atoms in total. The van der Waals surface area contributed by atoms with Gasteiger partial charge in [-0.15, -0.1) is 0 Å². The Morgan fingerprint density at radius 2 is 1.86 bits per heavy atom. The number of nitrogens with one attached hydrogen (secondary N) is 1. The topological polar surface area (TPSA) is 133 Å². The summed E-state index contributed by atoms with van der Waals surface area (Å²) in [6, 6.07) is 9.53. The monoisotopic (exact) mass is 406 g/mol. The molecule has 0 spiro atoms. The van der Waals surface area contributed by atoms with Crippen molar-refractivity contribution in [3.63, 3.8) is 0 Å². The van der Waals surface area contributed by atoms with Crippen molar-refractivity contribution in [2.75, 3.05) is 17.7 Å². The normalized spacial score (nSPS) is 10.9. The Balaban J connectivity index is 2.10. The number of amides is 1. The number of anilines is 1. The number of carbonyl (C=O) groups excluding carboxylic acids is 2. The maximum absolute atomic E-state index is 12.2. The lowest BCUT2D eigenvalue weighted by atomic mass is 10.2. The summed E-state index contributed by atoms with van der Waals surface area (Å²) in [7, 11) is -3.64. The van der Waals surface area contributed by atoms with Crippen LogP contribution in [0.2, 0.25) is 0 Å². The SMILES string of the molecule is CCS(=O)(=O)c1ccccc1C(=O)OCC(=O)Nc1cc([N+](=O)[O-])ccc1C. The van der Waals surface area contributed by atoms with E-state index in [9.17, 15) is 28.1 Å². The molecule has 2 aromatic rings. The van der Waals surface area contributed by atoms with E-state index in [0.29, 0.717) is 5.56 Å². The van der Waals surface area contributed by atoms with Crippen molar-refractivity contribution in [3.8, 4) is 0 Å². The number of ether oxygens (including phenoxy) is 1. The van der Waals surface area contributed by atoms with Crippen LogP contribution in [-0.2, 0) is 19.4 Å². The molecule has 0 atom stereocenters. The molecule has 28 heavy (non-hydrogen) atoms. The fourth-order valence-corrected chi connectivity index (χ4v) is 3.40. The van der Waals surface area contributed by atoms with E-state index < -0.39 is 33.2 Å². The summed E-state index contributed by atoms with van der Waals surface area (Å²) in [5.41, 5.74) is 0.439. The summed E-state index contributed by atoms with van der Waals surface area (Å²) in [4.78, 5) is 34.4. The number of hydrogen-bond acceptors (Lipinski definition) is 7. The molecule has 0 radical (unpaired) electrons. The minimum Gasteiger partial charge on any atom is -0.452 e. The van der Waals surface area contributed by atoms with E-state index in [0.717, 1.165) is 0 Å². The van der Waals surface area contributed by atoms with Gasteiger partial charge in [-0.3, -0.25) is 14.9 Å². The number of carbonyl (C=O) groups is 2. The van der Waals surface area contributed by atoms with E-state index in [-0.39, 0.29) is 27.6 Å². The number of non-ortho nitro benzene ring substituents is 1. The van der Waals surface area contributed by atoms with Gasteiger partial charge in [0.05, 0.1) is 26.8 Å². The summed E-state index contributed by atoms with van der Waals surface area (Å²) in [5.74, 6) is -1.87. The lowest BCUT2D eigenvalue weighted by molar-refractivity contribution is -0.384. The molecule has 0 unspecified atom stereocenters. The van der Waals surface area contributed by atoms with Crippen LogP contribution in [0.25, 0.3) is 0 Å². The first kappa shape index (κ1) is 21.0. The third-order valence-electron chi connectivity index (χ3n) is 3.86. The first-order chi connectivity index (χ1) is 13.2. The van der Waals surface area contributed by atoms with E-state index in [2.05, 4.69) is 5.32 Å². The summed E-state index contributed by atoms with van der Waals surface area (Å²) >= 11 is 0. The lowest BCUT2D eigenvalue weighted by Gasteiger charge is -2.11. The van der Waals surface area contributed by atoms with Crippen LogP contribution in [0.15, 0.2) is 47.4 Å². The van der Waals surface area contributed by atoms with Gasteiger partial charge in [0.25, 0.3) is 11.6 Å². The number of esters is 1. The quantitative estimate of drug-likeness (QED) is 0.424. The zero-order valence-corrected chi connectivity index (χ0v) is 16.0. The molecule has 0 aliphatic carbocycles. The van der Waals surface area contributed by atoms with Crippen LogP contribution in [0.4, 0.5) is 11.4 Å². The molecule has 148 valence electrons. The minimum atomic E-state index is -3.64. The summed E-state index contributed by atoms with van der Waals surface area (Å²) in [6.07, 6.45) is 0. The third-order valence-corrected chi connectivity index (χ3v) is 5.65. The molecule has 0 saturated carbocycles. The average Bonchev–Trinajstić information content (AvgIpc) is 2.67. The molecule has 0 aromatic heterocycles. The van der Waals surface area contributed by atoms with Crippen LogP contribution in [0, 0.1) is 17.0 Å². The van der Waals surface area contributed by atoms with Crippen molar-refractivity contribution in [1.29, 1.82) is 0 Å². The molecular weight excluding hydrogens is 388 g/mol. The van der Waals surface area contributed by atoms with Crippen LogP contribution >= 0.6 is 0 Å². The van der Waals surface area contributed by atoms with Gasteiger partial charge in [0.1, 0.15) is 0 Å². The van der Waals surface area contributed by atoms with Crippen molar-refractivity contribution in [1.82, 2.24) is 0 Å². The summed E-state index contributed by atoms with van der Waals surface area (Å²) < 4.78 is 29.1. The van der Waals surface area contributed by atoms with Gasteiger partial charge in [-0.05, 0) is 24.6 Å². The minimum absolute atomic E-state index is 0.163. The first-order valence-corrected chi connectivity index (χ1v) is 9.84. The van der Waals surface area contributed by atoms with Gasteiger partial charge >= 0.3 is 5.97 Å². The van der Waals surface area contributed by atoms with Crippen LogP contribution in [0.5, 0.6) is 0 Å². The molecule has 0 saturated heterocycles. The Hall–Kier alpha value is -3.27. The van der Waals surface area contributed by atoms with E-state index in [1.807, 2.05) is 0 Å². The highest BCUT2D eigenvalue weighted by Gasteiger charge is 2.22. The van der Waals surface area contributed by atoms with Gasteiger partial charge in [-0.1, -0.05) is 25.1 Å². The molecule has 2 rings (SSSR count). The van der Waals surface area contributed by atoms with Gasteiger partial charge < -0.3 is 10.1 Å². The highest BCUT2D eigenvalue weighted by molar-refractivity contribution is 7.91. The Morgan fingerprint density at radius 3 is 2.50 bits per heavy atom. The van der Waals surface area contributed by atoms with Gasteiger partial charge in [0.15, 0.2) is 16.4 Å². The highest BCUT2D eigenvalue weighted by Crippen LogP contribution is 2.22. The second kappa shape index (κ2) is 8.61. The number of aryl methyl sites for hydroxylation is 1. The molecule has 0 bridgehead atoms. The highest BCUT2D eigenvalue weighted by atomic mass is 32.2. The predicted molar refractivity (Wildman–Crippen MR) is 101 cm³/mol. The van der Waals surface area contributed by atoms with Gasteiger partial charge in [0, 0.05) is 12.1 Å². The lowest BCUT2D eigenvalue weighted by Crippen LogP contribution is -2.22. The van der Waals surface area contributed by atoms with Gasteiger partial charge in [0.2, 0.25) is 0 Å². The van der Waals surface area contributed by atoms with Gasteiger partial charge in [-0.2, -0.15) is 0 Å². The molecule has 10 heteroatoms. The van der Waals surface area contributed by atoms with Crippen molar-refractivity contribution >= 4 is 33.1 Å². The van der Waals surface area contributed by atoms with E-state index in [1.54, 1.807) is 6.92 Å². The number of hydrogen-bond donors (Lipinski definition) is 1. The largest absolute Gasteiger partial charge is 0.452 e. The zero-order chi connectivity index (χ0) is 20.9. The molecule has 0 heterocycles. The smallest absolute Gasteiger partial charge is 0.339 e. The number of rotatable bonds is 7. The fraction of sp³-hybridized carbons (Fsp3) is 0.222. The Labute approximate surface area is 161 Å². The Morgan fingerprint density at radius 1 is 1.18 bits per heavy atom. The number of benzene rings is 2. The Bertz CT molecular complexity index is 1030. The Kier molecular flexibility index (Phi) is 6.47. The number of sulfone groups is 1. The van der Waals surface area contributed by atoms with E-state index >= 15 is 0 Å². The van der Waals surface area contributed by atoms with Crippen LogP contribution in [-0.4, -0.2) is 37.6 Å². The first-order valence-electron chi connectivity index (χ1n) is 8.19. The second-order valence-corrected chi connectivity index (χ2v) is 8.03. The van der Waals surface area contributed by atoms with Crippen molar-refractivity contribution < 1.29 is 27.7 Å². The molecule has 0 aliphatic rings. The summed E-state index contributed by atoms with van der Waals surface area (Å²) in [6.45, 7) is 2.42. The van der Waals surface area contributed by atoms with Crippen LogP contribution in [0.1, 0.15) is 22.8 Å². The number of nitro groups is 1. The average molecular weight is 406 g/mol. The molecule has 0 fully saturated rings. The molecule has 0 aliphatic heterocycles. The maximum atomic E-state index is 12.2. The molecule has 1 N–H and O–H groups in total. The maximum Gasteiger partial charge on any atom is 0.339 e. The van der Waals surface area contributed by atoms with E-state index in [4.69, 9.17) is 4.74 Å². The summed E-state index contributed by atoms with van der Waals surface area (Å²) in [5, 5.41) is 13.3.